The Kier molecular flexibility index (Phi) is 3.56. The lowest BCUT2D eigenvalue weighted by Gasteiger charge is -2.35. The largest absolute Gasteiger partial charge is 0.326 e. The second-order valence-electron chi connectivity index (χ2n) is 4.76. The van der Waals surface area contributed by atoms with Gasteiger partial charge in [0.1, 0.15) is 5.82 Å². The summed E-state index contributed by atoms with van der Waals surface area (Å²) in [6.07, 6.45) is 1.11. The predicted molar refractivity (Wildman–Crippen MR) is 63.4 cm³/mol. The van der Waals surface area contributed by atoms with E-state index >= 15 is 0 Å². The van der Waals surface area contributed by atoms with E-state index in [-0.39, 0.29) is 11.9 Å². The third kappa shape index (κ3) is 2.60. The van der Waals surface area contributed by atoms with Gasteiger partial charge in [-0.2, -0.15) is 0 Å². The molecule has 1 aromatic rings. The van der Waals surface area contributed by atoms with Crippen molar-refractivity contribution < 1.29 is 4.39 Å². The molecule has 2 rings (SSSR count). The van der Waals surface area contributed by atoms with Crippen LogP contribution in [0.3, 0.4) is 0 Å². The zero-order valence-corrected chi connectivity index (χ0v) is 9.70. The summed E-state index contributed by atoms with van der Waals surface area (Å²) in [5, 5.41) is 0. The molecule has 0 spiro atoms. The molecule has 2 nitrogen and oxygen atoms in total. The number of benzene rings is 1. The van der Waals surface area contributed by atoms with Gasteiger partial charge in [0.05, 0.1) is 0 Å². The van der Waals surface area contributed by atoms with Gasteiger partial charge in [-0.05, 0) is 24.9 Å². The molecule has 0 aromatic heterocycles. The summed E-state index contributed by atoms with van der Waals surface area (Å²) < 4.78 is 13.5. The first-order valence-corrected chi connectivity index (χ1v) is 5.88. The van der Waals surface area contributed by atoms with Gasteiger partial charge in [0.2, 0.25) is 0 Å². The normalized spacial score (nSPS) is 26.9. The Bertz CT molecular complexity index is 354. The number of piperidine rings is 1. The monoisotopic (exact) mass is 222 g/mol. The highest BCUT2D eigenvalue weighted by Gasteiger charge is 2.23. The van der Waals surface area contributed by atoms with Crippen LogP contribution in [0.25, 0.3) is 0 Å². The number of nitrogens with zero attached hydrogens (tertiary/aromatic N) is 1. The highest BCUT2D eigenvalue weighted by Crippen LogP contribution is 2.18. The minimum absolute atomic E-state index is 0.116. The molecule has 0 saturated carbocycles. The lowest BCUT2D eigenvalue weighted by atomic mass is 9.94. The van der Waals surface area contributed by atoms with E-state index in [4.69, 9.17) is 5.73 Å². The van der Waals surface area contributed by atoms with Crippen molar-refractivity contribution in [2.24, 2.45) is 11.7 Å². The fourth-order valence-electron chi connectivity index (χ4n) is 2.18. The van der Waals surface area contributed by atoms with Gasteiger partial charge in [-0.3, -0.25) is 4.90 Å². The predicted octanol–water partition coefficient (Wildman–Crippen LogP) is 1.99. The molecule has 1 saturated heterocycles. The molecule has 1 aliphatic rings. The molecule has 1 aromatic carbocycles. The van der Waals surface area contributed by atoms with Crippen LogP contribution >= 0.6 is 0 Å². The Hall–Kier alpha value is -0.930. The van der Waals surface area contributed by atoms with Crippen LogP contribution in [-0.2, 0) is 6.54 Å². The maximum Gasteiger partial charge on any atom is 0.127 e. The third-order valence-electron chi connectivity index (χ3n) is 3.45. The fraction of sp³-hybridized carbons (Fsp3) is 0.538. The SMILES string of the molecule is CC1CCN(Cc2ccccc2F)CC1N. The lowest BCUT2D eigenvalue weighted by molar-refractivity contribution is 0.160. The minimum Gasteiger partial charge on any atom is -0.326 e. The van der Waals surface area contributed by atoms with Crippen molar-refractivity contribution in [2.45, 2.75) is 25.9 Å². The van der Waals surface area contributed by atoms with E-state index in [2.05, 4.69) is 11.8 Å². The van der Waals surface area contributed by atoms with E-state index in [1.165, 1.54) is 6.07 Å². The van der Waals surface area contributed by atoms with Gasteiger partial charge in [0, 0.05) is 24.7 Å². The summed E-state index contributed by atoms with van der Waals surface area (Å²) >= 11 is 0. The molecule has 16 heavy (non-hydrogen) atoms. The van der Waals surface area contributed by atoms with Gasteiger partial charge < -0.3 is 5.73 Å². The van der Waals surface area contributed by atoms with Gasteiger partial charge >= 0.3 is 0 Å². The molecule has 0 bridgehead atoms. The van der Waals surface area contributed by atoms with Gasteiger partial charge in [-0.25, -0.2) is 4.39 Å². The highest BCUT2D eigenvalue weighted by atomic mass is 19.1. The maximum atomic E-state index is 13.5. The van der Waals surface area contributed by atoms with Gasteiger partial charge in [-0.15, -0.1) is 0 Å². The third-order valence-corrected chi connectivity index (χ3v) is 3.45. The molecule has 1 fully saturated rings. The summed E-state index contributed by atoms with van der Waals surface area (Å²) in [6, 6.07) is 7.19. The molecule has 88 valence electrons. The molecule has 0 radical (unpaired) electrons. The average Bonchev–Trinajstić information content (AvgIpc) is 2.27. The number of hydrogen-bond acceptors (Lipinski definition) is 2. The number of halogens is 1. The Balaban J connectivity index is 1.98. The number of hydrogen-bond donors (Lipinski definition) is 1. The van der Waals surface area contributed by atoms with Crippen molar-refractivity contribution in [1.29, 1.82) is 0 Å². The standard InChI is InChI=1S/C13H19FN2/c1-10-6-7-16(9-13(10)15)8-11-4-2-3-5-12(11)14/h2-5,10,13H,6-9,15H2,1H3. The molecule has 3 heteroatoms. The molecular formula is C13H19FN2. The van der Waals surface area contributed by atoms with Crippen LogP contribution < -0.4 is 5.73 Å². The second kappa shape index (κ2) is 4.93. The Labute approximate surface area is 96.2 Å². The van der Waals surface area contributed by atoms with Crippen LogP contribution in [0.5, 0.6) is 0 Å². The Morgan fingerprint density at radius 2 is 2.19 bits per heavy atom. The molecule has 1 aliphatic heterocycles. The van der Waals surface area contributed by atoms with E-state index in [0.29, 0.717) is 12.5 Å². The van der Waals surface area contributed by atoms with Crippen LogP contribution in [0, 0.1) is 11.7 Å². The van der Waals surface area contributed by atoms with Crippen LogP contribution in [0.1, 0.15) is 18.9 Å². The molecule has 1 heterocycles. The molecule has 2 N–H and O–H groups in total. The number of nitrogens with two attached hydrogens (primary N) is 1. The van der Waals surface area contributed by atoms with Crippen molar-refractivity contribution >= 4 is 0 Å². The van der Waals surface area contributed by atoms with E-state index in [1.54, 1.807) is 6.07 Å². The first kappa shape index (κ1) is 11.6. The minimum atomic E-state index is -0.116. The van der Waals surface area contributed by atoms with E-state index in [9.17, 15) is 4.39 Å². The zero-order chi connectivity index (χ0) is 11.5. The molecule has 0 amide bonds. The topological polar surface area (TPSA) is 29.3 Å². The summed E-state index contributed by atoms with van der Waals surface area (Å²) in [5.41, 5.74) is 6.79. The summed E-state index contributed by atoms with van der Waals surface area (Å²) in [6.45, 7) is 4.75. The molecule has 2 unspecified atom stereocenters. The van der Waals surface area contributed by atoms with Gasteiger partial charge in [-0.1, -0.05) is 25.1 Å². The van der Waals surface area contributed by atoms with Gasteiger partial charge in [0.15, 0.2) is 0 Å². The summed E-state index contributed by atoms with van der Waals surface area (Å²) in [5.74, 6) is 0.464. The van der Waals surface area contributed by atoms with Crippen LogP contribution in [-0.4, -0.2) is 24.0 Å². The van der Waals surface area contributed by atoms with Crippen molar-refractivity contribution in [3.8, 4) is 0 Å². The molecule has 2 atom stereocenters. The van der Waals surface area contributed by atoms with E-state index in [1.807, 2.05) is 12.1 Å². The van der Waals surface area contributed by atoms with E-state index < -0.39 is 0 Å². The lowest BCUT2D eigenvalue weighted by Crippen LogP contribution is -2.47. The first-order valence-electron chi connectivity index (χ1n) is 5.88. The van der Waals surface area contributed by atoms with Crippen LogP contribution in [0.4, 0.5) is 4.39 Å². The highest BCUT2D eigenvalue weighted by molar-refractivity contribution is 5.17. The number of rotatable bonds is 2. The van der Waals surface area contributed by atoms with Crippen molar-refractivity contribution in [1.82, 2.24) is 4.90 Å². The molecule has 0 aliphatic carbocycles. The summed E-state index contributed by atoms with van der Waals surface area (Å²) in [4.78, 5) is 2.24. The Morgan fingerprint density at radius 3 is 2.88 bits per heavy atom. The quantitative estimate of drug-likeness (QED) is 0.829. The van der Waals surface area contributed by atoms with E-state index in [0.717, 1.165) is 25.1 Å². The fourth-order valence-corrected chi connectivity index (χ4v) is 2.18. The van der Waals surface area contributed by atoms with Crippen molar-refractivity contribution in [3.05, 3.63) is 35.6 Å². The Morgan fingerprint density at radius 1 is 1.44 bits per heavy atom. The zero-order valence-electron chi connectivity index (χ0n) is 9.70. The number of likely N-dealkylation sites (tertiary alicyclic amines) is 1. The summed E-state index contributed by atoms with van der Waals surface area (Å²) in [7, 11) is 0. The van der Waals surface area contributed by atoms with Crippen LogP contribution in [0.2, 0.25) is 0 Å². The average molecular weight is 222 g/mol. The van der Waals surface area contributed by atoms with Crippen molar-refractivity contribution in [2.75, 3.05) is 13.1 Å². The van der Waals surface area contributed by atoms with Crippen molar-refractivity contribution in [3.63, 3.8) is 0 Å². The maximum absolute atomic E-state index is 13.5. The molecular weight excluding hydrogens is 203 g/mol. The van der Waals surface area contributed by atoms with Crippen LogP contribution in [0.15, 0.2) is 24.3 Å². The first-order chi connectivity index (χ1) is 7.66. The van der Waals surface area contributed by atoms with Gasteiger partial charge in [0.25, 0.3) is 0 Å². The second-order valence-corrected chi connectivity index (χ2v) is 4.76. The smallest absolute Gasteiger partial charge is 0.127 e.